The van der Waals surface area contributed by atoms with Crippen molar-refractivity contribution < 1.29 is 0 Å². The number of hydrogen-bond acceptors (Lipinski definition) is 2. The molecule has 3 heteroatoms. The Morgan fingerprint density at radius 1 is 1.00 bits per heavy atom. The molecule has 0 saturated carbocycles. The molecular formula is C18H19N3. The average molecular weight is 277 g/mol. The molecule has 3 aromatic rings. The molecule has 0 saturated heterocycles. The van der Waals surface area contributed by atoms with Crippen LogP contribution in [0.5, 0.6) is 0 Å². The van der Waals surface area contributed by atoms with E-state index >= 15 is 0 Å². The van der Waals surface area contributed by atoms with E-state index in [4.69, 9.17) is 0 Å². The van der Waals surface area contributed by atoms with E-state index in [1.165, 1.54) is 11.1 Å². The van der Waals surface area contributed by atoms with Gasteiger partial charge in [-0.25, -0.2) is 4.68 Å². The van der Waals surface area contributed by atoms with Crippen LogP contribution in [-0.2, 0) is 6.54 Å². The van der Waals surface area contributed by atoms with Crippen molar-refractivity contribution >= 4 is 0 Å². The number of benzene rings is 2. The Kier molecular flexibility index (Phi) is 4.12. The number of para-hydroxylation sites is 1. The Bertz CT molecular complexity index is 674. The molecule has 0 amide bonds. The van der Waals surface area contributed by atoms with Crippen LogP contribution in [0.4, 0.5) is 0 Å². The first-order valence-corrected chi connectivity index (χ1v) is 7.20. The van der Waals surface area contributed by atoms with E-state index in [2.05, 4.69) is 59.9 Å². The molecule has 0 fully saturated rings. The zero-order valence-electron chi connectivity index (χ0n) is 12.1. The van der Waals surface area contributed by atoms with Gasteiger partial charge < -0.3 is 5.32 Å². The van der Waals surface area contributed by atoms with Gasteiger partial charge in [0.25, 0.3) is 0 Å². The zero-order chi connectivity index (χ0) is 14.5. The summed E-state index contributed by atoms with van der Waals surface area (Å²) < 4.78 is 1.91. The molecule has 1 atom stereocenters. The quantitative estimate of drug-likeness (QED) is 0.770. The predicted octanol–water partition coefficient (Wildman–Crippen LogP) is 3.72. The molecular weight excluding hydrogens is 258 g/mol. The van der Waals surface area contributed by atoms with E-state index < -0.39 is 0 Å². The summed E-state index contributed by atoms with van der Waals surface area (Å²) in [5.41, 5.74) is 3.56. The number of aromatic nitrogens is 2. The highest BCUT2D eigenvalue weighted by Crippen LogP contribution is 2.13. The zero-order valence-corrected chi connectivity index (χ0v) is 12.1. The van der Waals surface area contributed by atoms with Crippen molar-refractivity contribution in [3.8, 4) is 5.69 Å². The number of nitrogens with one attached hydrogen (secondary N) is 1. The van der Waals surface area contributed by atoms with Gasteiger partial charge in [-0.2, -0.15) is 5.10 Å². The summed E-state index contributed by atoms with van der Waals surface area (Å²) >= 11 is 0. The fourth-order valence-electron chi connectivity index (χ4n) is 2.30. The van der Waals surface area contributed by atoms with E-state index in [0.717, 1.165) is 12.2 Å². The van der Waals surface area contributed by atoms with Crippen LogP contribution in [0, 0.1) is 0 Å². The summed E-state index contributed by atoms with van der Waals surface area (Å²) in [5, 5.41) is 7.94. The minimum atomic E-state index is 0.325. The minimum Gasteiger partial charge on any atom is -0.306 e. The molecule has 0 radical (unpaired) electrons. The Morgan fingerprint density at radius 3 is 2.38 bits per heavy atom. The molecule has 21 heavy (non-hydrogen) atoms. The third-order valence-electron chi connectivity index (χ3n) is 3.57. The number of nitrogens with zero attached hydrogens (tertiary/aromatic N) is 2. The Hall–Kier alpha value is -2.39. The molecule has 1 aromatic heterocycles. The van der Waals surface area contributed by atoms with Crippen LogP contribution >= 0.6 is 0 Å². The second kappa shape index (κ2) is 6.37. The monoisotopic (exact) mass is 277 g/mol. The topological polar surface area (TPSA) is 29.9 Å². The van der Waals surface area contributed by atoms with Crippen LogP contribution in [0.2, 0.25) is 0 Å². The molecule has 0 spiro atoms. The summed E-state index contributed by atoms with van der Waals surface area (Å²) in [6, 6.07) is 21.0. The lowest BCUT2D eigenvalue weighted by Crippen LogP contribution is -2.17. The van der Waals surface area contributed by atoms with Gasteiger partial charge in [0.2, 0.25) is 0 Å². The van der Waals surface area contributed by atoms with Gasteiger partial charge in [-0.05, 0) is 24.6 Å². The largest absolute Gasteiger partial charge is 0.306 e. The van der Waals surface area contributed by atoms with E-state index in [1.807, 2.05) is 35.1 Å². The third kappa shape index (κ3) is 3.38. The molecule has 3 nitrogen and oxygen atoms in total. The fraction of sp³-hybridized carbons (Fsp3) is 0.167. The maximum Gasteiger partial charge on any atom is 0.0645 e. The average Bonchev–Trinajstić information content (AvgIpc) is 3.03. The highest BCUT2D eigenvalue weighted by atomic mass is 15.3. The molecule has 1 heterocycles. The van der Waals surface area contributed by atoms with Crippen LogP contribution in [0.1, 0.15) is 24.1 Å². The van der Waals surface area contributed by atoms with Crippen molar-refractivity contribution in [2.24, 2.45) is 0 Å². The molecule has 0 aliphatic rings. The van der Waals surface area contributed by atoms with E-state index in [-0.39, 0.29) is 0 Å². The van der Waals surface area contributed by atoms with E-state index in [9.17, 15) is 0 Å². The van der Waals surface area contributed by atoms with Crippen molar-refractivity contribution in [3.05, 3.63) is 84.2 Å². The lowest BCUT2D eigenvalue weighted by Gasteiger charge is -2.13. The van der Waals surface area contributed by atoms with Crippen molar-refractivity contribution in [2.45, 2.75) is 19.5 Å². The fourth-order valence-corrected chi connectivity index (χ4v) is 2.30. The van der Waals surface area contributed by atoms with Crippen LogP contribution < -0.4 is 5.32 Å². The van der Waals surface area contributed by atoms with Gasteiger partial charge in [-0.15, -0.1) is 0 Å². The van der Waals surface area contributed by atoms with Crippen molar-refractivity contribution in [3.63, 3.8) is 0 Å². The van der Waals surface area contributed by atoms with Gasteiger partial charge in [0, 0.05) is 24.3 Å². The Balaban J connectivity index is 1.63. The van der Waals surface area contributed by atoms with Crippen LogP contribution in [-0.4, -0.2) is 9.78 Å². The lowest BCUT2D eigenvalue weighted by molar-refractivity contribution is 0.574. The van der Waals surface area contributed by atoms with Crippen LogP contribution in [0.15, 0.2) is 73.1 Å². The molecule has 0 aliphatic carbocycles. The predicted molar refractivity (Wildman–Crippen MR) is 85.3 cm³/mol. The van der Waals surface area contributed by atoms with Gasteiger partial charge in [0.05, 0.1) is 11.9 Å². The summed E-state index contributed by atoms with van der Waals surface area (Å²) in [5.74, 6) is 0. The second-order valence-electron chi connectivity index (χ2n) is 5.14. The molecule has 2 aromatic carbocycles. The minimum absolute atomic E-state index is 0.325. The molecule has 0 unspecified atom stereocenters. The Morgan fingerprint density at radius 2 is 1.67 bits per heavy atom. The first kappa shape index (κ1) is 13.6. The first-order chi connectivity index (χ1) is 10.3. The van der Waals surface area contributed by atoms with E-state index in [0.29, 0.717) is 6.04 Å². The normalized spacial score (nSPS) is 12.2. The van der Waals surface area contributed by atoms with Crippen molar-refractivity contribution in [1.82, 2.24) is 15.1 Å². The van der Waals surface area contributed by atoms with Gasteiger partial charge in [-0.1, -0.05) is 48.5 Å². The maximum atomic E-state index is 4.41. The Labute approximate surface area is 125 Å². The number of rotatable bonds is 5. The summed E-state index contributed by atoms with van der Waals surface area (Å²) in [6.45, 7) is 2.99. The molecule has 3 rings (SSSR count). The maximum absolute atomic E-state index is 4.41. The first-order valence-electron chi connectivity index (χ1n) is 7.20. The highest BCUT2D eigenvalue weighted by molar-refractivity contribution is 5.31. The van der Waals surface area contributed by atoms with Gasteiger partial charge in [0.15, 0.2) is 0 Å². The van der Waals surface area contributed by atoms with Crippen molar-refractivity contribution in [1.29, 1.82) is 0 Å². The smallest absolute Gasteiger partial charge is 0.0645 e. The molecule has 0 aliphatic heterocycles. The van der Waals surface area contributed by atoms with E-state index in [1.54, 1.807) is 0 Å². The van der Waals surface area contributed by atoms with Crippen molar-refractivity contribution in [2.75, 3.05) is 0 Å². The van der Waals surface area contributed by atoms with Gasteiger partial charge in [-0.3, -0.25) is 0 Å². The van der Waals surface area contributed by atoms with Crippen LogP contribution in [0.3, 0.4) is 0 Å². The standard InChI is InChI=1S/C18H19N3/c1-15(17-8-4-2-5-9-17)19-12-16-13-20-21(14-16)18-10-6-3-7-11-18/h2-11,13-15,19H,12H2,1H3/t15-/m1/s1. The molecule has 1 N–H and O–H groups in total. The summed E-state index contributed by atoms with van der Waals surface area (Å²) in [6.07, 6.45) is 3.98. The SMILES string of the molecule is C[C@@H](NCc1cnn(-c2ccccc2)c1)c1ccccc1. The lowest BCUT2D eigenvalue weighted by atomic mass is 10.1. The number of hydrogen-bond donors (Lipinski definition) is 1. The summed E-state index contributed by atoms with van der Waals surface area (Å²) in [4.78, 5) is 0. The summed E-state index contributed by atoms with van der Waals surface area (Å²) in [7, 11) is 0. The molecule has 0 bridgehead atoms. The second-order valence-corrected chi connectivity index (χ2v) is 5.14. The van der Waals surface area contributed by atoms with Gasteiger partial charge >= 0.3 is 0 Å². The van der Waals surface area contributed by atoms with Gasteiger partial charge in [0.1, 0.15) is 0 Å². The van der Waals surface area contributed by atoms with Crippen LogP contribution in [0.25, 0.3) is 5.69 Å². The molecule has 106 valence electrons. The highest BCUT2D eigenvalue weighted by Gasteiger charge is 2.05. The third-order valence-corrected chi connectivity index (χ3v) is 3.57.